The molecule has 0 unspecified atom stereocenters. The molecule has 92 valence electrons. The van der Waals surface area contributed by atoms with Crippen LogP contribution < -0.4 is 0 Å². The van der Waals surface area contributed by atoms with Gasteiger partial charge in [-0.15, -0.1) is 6.58 Å². The van der Waals surface area contributed by atoms with Gasteiger partial charge in [-0.25, -0.2) is 0 Å². The van der Waals surface area contributed by atoms with Crippen molar-refractivity contribution in [1.29, 1.82) is 0 Å². The van der Waals surface area contributed by atoms with Gasteiger partial charge in [-0.2, -0.15) is 0 Å². The van der Waals surface area contributed by atoms with Crippen molar-refractivity contribution in [2.24, 2.45) is 0 Å². The fourth-order valence-electron chi connectivity index (χ4n) is 1.93. The highest BCUT2D eigenvalue weighted by Crippen LogP contribution is 2.30. The molecule has 0 spiro atoms. The summed E-state index contributed by atoms with van der Waals surface area (Å²) in [7, 11) is 0. The molecule has 0 amide bonds. The van der Waals surface area contributed by atoms with Crippen LogP contribution in [0.25, 0.3) is 6.08 Å². The second-order valence-corrected chi connectivity index (χ2v) is 4.51. The molecule has 1 heteroatoms. The highest BCUT2D eigenvalue weighted by Gasteiger charge is 2.17. The number of rotatable bonds is 6. The van der Waals surface area contributed by atoms with Gasteiger partial charge in [-0.3, -0.25) is 0 Å². The van der Waals surface area contributed by atoms with Crippen molar-refractivity contribution in [3.63, 3.8) is 0 Å². The summed E-state index contributed by atoms with van der Waals surface area (Å²) in [5.41, 5.74) is 2.58. The molecule has 0 aliphatic heterocycles. The van der Waals surface area contributed by atoms with Crippen LogP contribution in [0.3, 0.4) is 0 Å². The second-order valence-electron chi connectivity index (χ2n) is 4.51. The van der Waals surface area contributed by atoms with E-state index < -0.39 is 0 Å². The molecular formula is C16H22O. The van der Waals surface area contributed by atoms with E-state index in [4.69, 9.17) is 4.42 Å². The fraction of sp³-hybridized carbons (Fsp3) is 0.375. The Morgan fingerprint density at radius 3 is 2.53 bits per heavy atom. The minimum Gasteiger partial charge on any atom is -0.461 e. The molecule has 0 N–H and O–H groups in total. The molecule has 1 aromatic heterocycles. The van der Waals surface area contributed by atoms with E-state index in [9.17, 15) is 0 Å². The Balaban J connectivity index is 3.14. The Labute approximate surface area is 105 Å². The number of hydrogen-bond donors (Lipinski definition) is 0. The lowest BCUT2D eigenvalue weighted by Gasteiger charge is -2.04. The van der Waals surface area contributed by atoms with Gasteiger partial charge in [0.2, 0.25) is 0 Å². The molecule has 0 aliphatic carbocycles. The molecule has 1 rings (SSSR count). The summed E-state index contributed by atoms with van der Waals surface area (Å²) in [6.45, 7) is 13.9. The summed E-state index contributed by atoms with van der Waals surface area (Å²) in [5, 5.41) is 0. The van der Waals surface area contributed by atoms with Gasteiger partial charge in [0, 0.05) is 5.92 Å². The van der Waals surface area contributed by atoms with Gasteiger partial charge in [0.15, 0.2) is 0 Å². The Morgan fingerprint density at radius 2 is 2.00 bits per heavy atom. The molecule has 0 saturated carbocycles. The Hall–Kier alpha value is -1.50. The quantitative estimate of drug-likeness (QED) is 0.493. The van der Waals surface area contributed by atoms with Crippen LogP contribution in [0.2, 0.25) is 0 Å². The van der Waals surface area contributed by atoms with Crippen LogP contribution in [0.5, 0.6) is 0 Å². The molecule has 0 aromatic carbocycles. The van der Waals surface area contributed by atoms with E-state index in [1.54, 1.807) is 6.08 Å². The molecule has 0 aliphatic rings. The monoisotopic (exact) mass is 230 g/mol. The largest absolute Gasteiger partial charge is 0.461 e. The summed E-state index contributed by atoms with van der Waals surface area (Å²) >= 11 is 0. The van der Waals surface area contributed by atoms with Gasteiger partial charge < -0.3 is 4.42 Å². The number of hydrogen-bond acceptors (Lipinski definition) is 1. The predicted molar refractivity (Wildman–Crippen MR) is 75.3 cm³/mol. The average Bonchev–Trinajstić information content (AvgIpc) is 2.61. The first-order chi connectivity index (χ1) is 8.11. The minimum absolute atomic E-state index is 0.416. The zero-order valence-corrected chi connectivity index (χ0v) is 11.1. The lowest BCUT2D eigenvalue weighted by Crippen LogP contribution is -1.93. The van der Waals surface area contributed by atoms with Crippen LogP contribution in [-0.2, 0) is 6.42 Å². The highest BCUT2D eigenvalue weighted by atomic mass is 16.3. The number of furan rings is 1. The van der Waals surface area contributed by atoms with E-state index >= 15 is 0 Å². The number of allylic oxidation sites excluding steroid dienone is 3. The summed E-state index contributed by atoms with van der Waals surface area (Å²) < 4.78 is 5.94. The average molecular weight is 230 g/mol. The third-order valence-corrected chi connectivity index (χ3v) is 2.85. The van der Waals surface area contributed by atoms with Gasteiger partial charge in [-0.1, -0.05) is 38.7 Å². The first kappa shape index (κ1) is 13.6. The normalized spacial score (nSPS) is 11.3. The lowest BCUT2D eigenvalue weighted by atomic mass is 9.99. The molecular weight excluding hydrogens is 208 g/mol. The van der Waals surface area contributed by atoms with Crippen molar-refractivity contribution < 1.29 is 4.42 Å². The SMILES string of the molecule is C=C/C=C\c1oc(C(C)C)c(CCC=C)c1C. The maximum Gasteiger partial charge on any atom is 0.130 e. The molecule has 17 heavy (non-hydrogen) atoms. The van der Waals surface area contributed by atoms with Crippen molar-refractivity contribution >= 4 is 6.08 Å². The maximum absolute atomic E-state index is 5.94. The van der Waals surface area contributed by atoms with Gasteiger partial charge in [0.1, 0.15) is 11.5 Å². The Morgan fingerprint density at radius 1 is 1.29 bits per heavy atom. The van der Waals surface area contributed by atoms with E-state index in [1.807, 2.05) is 18.2 Å². The molecule has 0 fully saturated rings. The molecule has 0 bridgehead atoms. The van der Waals surface area contributed by atoms with Gasteiger partial charge >= 0.3 is 0 Å². The third kappa shape index (κ3) is 3.23. The summed E-state index contributed by atoms with van der Waals surface area (Å²) in [4.78, 5) is 0. The summed E-state index contributed by atoms with van der Waals surface area (Å²) in [5.74, 6) is 2.47. The standard InChI is InChI=1S/C16H22O/c1-6-8-10-14-13(5)15(11-9-7-2)17-16(14)12(3)4/h6-7,9,11-12H,1-2,8,10H2,3-5H3/b11-9-. The lowest BCUT2D eigenvalue weighted by molar-refractivity contribution is 0.474. The smallest absolute Gasteiger partial charge is 0.130 e. The maximum atomic E-state index is 5.94. The van der Waals surface area contributed by atoms with Crippen LogP contribution in [0, 0.1) is 6.92 Å². The van der Waals surface area contributed by atoms with Crippen molar-refractivity contribution in [1.82, 2.24) is 0 Å². The van der Waals surface area contributed by atoms with Crippen LogP contribution in [0.15, 0.2) is 35.8 Å². The minimum atomic E-state index is 0.416. The second kappa shape index (κ2) is 6.29. The van der Waals surface area contributed by atoms with E-state index in [2.05, 4.69) is 33.9 Å². The van der Waals surface area contributed by atoms with Gasteiger partial charge in [-0.05, 0) is 37.0 Å². The third-order valence-electron chi connectivity index (χ3n) is 2.85. The van der Waals surface area contributed by atoms with E-state index in [-0.39, 0.29) is 0 Å². The van der Waals surface area contributed by atoms with E-state index in [0.29, 0.717) is 5.92 Å². The van der Waals surface area contributed by atoms with Crippen LogP contribution in [-0.4, -0.2) is 0 Å². The Bertz CT molecular complexity index is 419. The molecule has 1 heterocycles. The Kier molecular flexibility index (Phi) is 5.02. The molecule has 1 nitrogen and oxygen atoms in total. The van der Waals surface area contributed by atoms with Crippen molar-refractivity contribution in [3.8, 4) is 0 Å². The first-order valence-corrected chi connectivity index (χ1v) is 6.14. The zero-order valence-electron chi connectivity index (χ0n) is 11.1. The van der Waals surface area contributed by atoms with Crippen molar-refractivity contribution in [2.75, 3.05) is 0 Å². The molecule has 0 atom stereocenters. The zero-order chi connectivity index (χ0) is 12.8. The van der Waals surface area contributed by atoms with Crippen LogP contribution in [0.1, 0.15) is 48.8 Å². The van der Waals surface area contributed by atoms with Gasteiger partial charge in [0.05, 0.1) is 0 Å². The molecule has 0 radical (unpaired) electrons. The van der Waals surface area contributed by atoms with Gasteiger partial charge in [0.25, 0.3) is 0 Å². The molecule has 0 saturated heterocycles. The van der Waals surface area contributed by atoms with Crippen LogP contribution >= 0.6 is 0 Å². The first-order valence-electron chi connectivity index (χ1n) is 6.14. The molecule has 1 aromatic rings. The van der Waals surface area contributed by atoms with E-state index in [0.717, 1.165) is 24.4 Å². The van der Waals surface area contributed by atoms with Crippen molar-refractivity contribution in [3.05, 3.63) is 54.0 Å². The van der Waals surface area contributed by atoms with E-state index in [1.165, 1.54) is 11.1 Å². The van der Waals surface area contributed by atoms with Crippen LogP contribution in [0.4, 0.5) is 0 Å². The highest BCUT2D eigenvalue weighted by molar-refractivity contribution is 5.53. The predicted octanol–water partition coefficient (Wildman–Crippen LogP) is 5.03. The topological polar surface area (TPSA) is 13.1 Å². The summed E-state index contributed by atoms with van der Waals surface area (Å²) in [6, 6.07) is 0. The summed E-state index contributed by atoms with van der Waals surface area (Å²) in [6.07, 6.45) is 9.61. The fourth-order valence-corrected chi connectivity index (χ4v) is 1.93. The van der Waals surface area contributed by atoms with Crippen molar-refractivity contribution in [2.45, 2.75) is 39.5 Å².